The third-order valence-corrected chi connectivity index (χ3v) is 0.756. The molecule has 0 aliphatic heterocycles. The van der Waals surface area contributed by atoms with Crippen molar-refractivity contribution in [3.8, 4) is 5.75 Å². The summed E-state index contributed by atoms with van der Waals surface area (Å²) in [5.41, 5.74) is 0. The van der Waals surface area contributed by atoms with E-state index in [2.05, 4.69) is 0 Å². The van der Waals surface area contributed by atoms with E-state index in [4.69, 9.17) is 5.11 Å². The van der Waals surface area contributed by atoms with E-state index in [1.54, 1.807) is 24.3 Å². The molecule has 0 spiro atoms. The Bertz CT molecular complexity index is 138. The van der Waals surface area contributed by atoms with Gasteiger partial charge in [-0.15, -0.1) is 0 Å². The van der Waals surface area contributed by atoms with Gasteiger partial charge in [-0.05, 0) is 12.1 Å². The number of phenolic OH excluding ortho intramolecular Hbond substituents is 1. The number of para-hydroxylation sites is 1. The first kappa shape index (κ1) is 8.83. The zero-order valence-corrected chi connectivity index (χ0v) is 9.75. The minimum absolute atomic E-state index is 0. The van der Waals surface area contributed by atoms with Crippen LogP contribution in [0.3, 0.4) is 0 Å². The average molecular weight is 180 g/mol. The summed E-state index contributed by atoms with van der Waals surface area (Å²) in [6.07, 6.45) is 0. The largest absolute Gasteiger partial charge is 0.508 e. The molecule has 1 rings (SSSR count). The fraction of sp³-hybridized carbons (Fsp3) is 0. The second-order valence-corrected chi connectivity index (χ2v) is 1.34. The molecule has 0 bridgehead atoms. The van der Waals surface area contributed by atoms with E-state index in [0.29, 0.717) is 5.75 Å². The van der Waals surface area contributed by atoms with Crippen molar-refractivity contribution in [3.63, 3.8) is 0 Å². The van der Waals surface area contributed by atoms with Crippen molar-refractivity contribution in [2.24, 2.45) is 0 Å². The van der Waals surface area contributed by atoms with E-state index in [1.807, 2.05) is 6.07 Å². The third-order valence-electron chi connectivity index (χ3n) is 0.756. The summed E-state index contributed by atoms with van der Waals surface area (Å²) in [6.45, 7) is 0. The van der Waals surface area contributed by atoms with Crippen LogP contribution in [0.5, 0.6) is 5.75 Å². The van der Waals surface area contributed by atoms with Gasteiger partial charge in [0.1, 0.15) is 5.75 Å². The van der Waals surface area contributed by atoms with Crippen LogP contribution in [0.15, 0.2) is 30.3 Å². The quantitative estimate of drug-likeness (QED) is 0.630. The van der Waals surface area contributed by atoms with Gasteiger partial charge >= 0.3 is 0 Å². The molecule has 0 unspecified atom stereocenters. The third kappa shape index (κ3) is 2.97. The van der Waals surface area contributed by atoms with Crippen LogP contribution in [-0.2, 0) is 0 Å². The molecule has 1 aromatic rings. The topological polar surface area (TPSA) is 20.2 Å². The van der Waals surface area contributed by atoms with Crippen LogP contribution in [0.2, 0.25) is 0 Å². The van der Waals surface area contributed by atoms with Crippen molar-refractivity contribution in [1.82, 2.24) is 0 Å². The first-order chi connectivity index (χ1) is 3.39. The van der Waals surface area contributed by atoms with E-state index in [9.17, 15) is 0 Å². The van der Waals surface area contributed by atoms with Crippen molar-refractivity contribution in [2.75, 3.05) is 0 Å². The van der Waals surface area contributed by atoms with Crippen molar-refractivity contribution in [3.05, 3.63) is 30.3 Å². The predicted molar refractivity (Wildman–Crippen MR) is 33.9 cm³/mol. The summed E-state index contributed by atoms with van der Waals surface area (Å²) in [4.78, 5) is 0. The first-order valence-electron chi connectivity index (χ1n) is 2.13. The smallest absolute Gasteiger partial charge is 0.115 e. The molecule has 0 saturated carbocycles. The Kier molecular flexibility index (Phi) is 5.16. The van der Waals surface area contributed by atoms with E-state index >= 15 is 0 Å². The van der Waals surface area contributed by atoms with Crippen LogP contribution in [0.1, 0.15) is 0 Å². The molecule has 37 valence electrons. The molecule has 1 nitrogen and oxygen atoms in total. The summed E-state index contributed by atoms with van der Waals surface area (Å²) < 4.78 is 0. The molecule has 1 N–H and O–H groups in total. The van der Waals surface area contributed by atoms with Gasteiger partial charge in [0.15, 0.2) is 0 Å². The van der Waals surface area contributed by atoms with E-state index < -0.39 is 0 Å². The van der Waals surface area contributed by atoms with Crippen LogP contribution < -0.4 is 0 Å². The second kappa shape index (κ2) is 4.68. The molecule has 0 fully saturated rings. The van der Waals surface area contributed by atoms with Gasteiger partial charge in [0.05, 0.1) is 0 Å². The number of phenols is 1. The molecule has 0 aliphatic carbocycles. The standard InChI is InChI=1S/C6H6O.Rb/c7-6-4-2-1-3-5-6;/h1-5,7H;. The number of benzene rings is 1. The van der Waals surface area contributed by atoms with Gasteiger partial charge < -0.3 is 5.11 Å². The van der Waals surface area contributed by atoms with Crippen molar-refractivity contribution < 1.29 is 5.11 Å². The molecule has 0 aliphatic rings. The van der Waals surface area contributed by atoms with Crippen LogP contribution >= 0.6 is 0 Å². The van der Waals surface area contributed by atoms with Crippen LogP contribution in [0.25, 0.3) is 0 Å². The van der Waals surface area contributed by atoms with Gasteiger partial charge in [0, 0.05) is 58.2 Å². The molecule has 1 aromatic carbocycles. The SMILES string of the molecule is Oc1ccccc1.[Rb]. The molecule has 8 heavy (non-hydrogen) atoms. The molecular formula is C6H6ORb. The van der Waals surface area contributed by atoms with Crippen LogP contribution in [0.4, 0.5) is 0 Å². The van der Waals surface area contributed by atoms with Crippen molar-refractivity contribution in [1.29, 1.82) is 0 Å². The zero-order valence-electron chi connectivity index (χ0n) is 4.83. The summed E-state index contributed by atoms with van der Waals surface area (Å²) in [7, 11) is 0. The van der Waals surface area contributed by atoms with E-state index in [-0.39, 0.29) is 58.2 Å². The van der Waals surface area contributed by atoms with Gasteiger partial charge in [-0.1, -0.05) is 18.2 Å². The Hall–Kier alpha value is 0.825. The Morgan fingerprint density at radius 1 is 1.00 bits per heavy atom. The van der Waals surface area contributed by atoms with Gasteiger partial charge in [-0.2, -0.15) is 0 Å². The van der Waals surface area contributed by atoms with E-state index in [1.165, 1.54) is 0 Å². The number of hydrogen-bond donors (Lipinski definition) is 1. The van der Waals surface area contributed by atoms with Gasteiger partial charge in [-0.3, -0.25) is 0 Å². The predicted octanol–water partition coefficient (Wildman–Crippen LogP) is 1.01. The van der Waals surface area contributed by atoms with Crippen LogP contribution in [0, 0.1) is 0 Å². The van der Waals surface area contributed by atoms with Crippen molar-refractivity contribution in [2.45, 2.75) is 0 Å². The van der Waals surface area contributed by atoms with Gasteiger partial charge in [0.2, 0.25) is 0 Å². The fourth-order valence-electron chi connectivity index (χ4n) is 0.428. The number of rotatable bonds is 0. The minimum Gasteiger partial charge on any atom is -0.508 e. The van der Waals surface area contributed by atoms with Gasteiger partial charge in [0.25, 0.3) is 0 Å². The monoisotopic (exact) mass is 179 g/mol. The molecule has 0 aromatic heterocycles. The van der Waals surface area contributed by atoms with Gasteiger partial charge in [-0.25, -0.2) is 0 Å². The molecule has 2 heteroatoms. The molecule has 0 saturated heterocycles. The summed E-state index contributed by atoms with van der Waals surface area (Å²) in [6, 6.07) is 8.71. The average Bonchev–Trinajstić information content (AvgIpc) is 1.69. The number of hydrogen-bond acceptors (Lipinski definition) is 1. The fourth-order valence-corrected chi connectivity index (χ4v) is 0.428. The molecular weight excluding hydrogens is 174 g/mol. The summed E-state index contributed by atoms with van der Waals surface area (Å²) in [5.74, 6) is 0.322. The summed E-state index contributed by atoms with van der Waals surface area (Å²) in [5, 5.41) is 8.63. The molecule has 0 amide bonds. The Morgan fingerprint density at radius 3 is 1.75 bits per heavy atom. The van der Waals surface area contributed by atoms with Crippen LogP contribution in [-0.4, -0.2) is 63.3 Å². The Morgan fingerprint density at radius 2 is 1.50 bits per heavy atom. The maximum absolute atomic E-state index is 8.63. The maximum atomic E-state index is 8.63. The maximum Gasteiger partial charge on any atom is 0.115 e. The zero-order chi connectivity index (χ0) is 5.11. The first-order valence-corrected chi connectivity index (χ1v) is 2.13. The Labute approximate surface area is 97.5 Å². The second-order valence-electron chi connectivity index (χ2n) is 1.34. The minimum atomic E-state index is 0. The van der Waals surface area contributed by atoms with Crippen molar-refractivity contribution >= 4 is 58.2 Å². The number of aromatic hydroxyl groups is 1. The van der Waals surface area contributed by atoms with E-state index in [0.717, 1.165) is 0 Å². The molecule has 0 heterocycles. The summed E-state index contributed by atoms with van der Waals surface area (Å²) >= 11 is 0. The Balaban J connectivity index is 0.000000490. The molecule has 0 atom stereocenters. The molecule has 1 radical (unpaired) electrons. The normalized spacial score (nSPS) is 7.50.